The second kappa shape index (κ2) is 9.29. The van der Waals surface area contributed by atoms with Crippen LogP contribution in [0.4, 0.5) is 4.79 Å². The van der Waals surface area contributed by atoms with Crippen LogP contribution in [0.1, 0.15) is 37.0 Å². The van der Waals surface area contributed by atoms with Crippen LogP contribution in [-0.4, -0.2) is 36.4 Å². The van der Waals surface area contributed by atoms with Crippen molar-refractivity contribution in [2.45, 2.75) is 32.8 Å². The Morgan fingerprint density at radius 3 is 2.33 bits per heavy atom. The summed E-state index contributed by atoms with van der Waals surface area (Å²) in [5.41, 5.74) is 5.39. The number of esters is 1. The summed E-state index contributed by atoms with van der Waals surface area (Å²) < 4.78 is 10.3. The quantitative estimate of drug-likeness (QED) is 0.417. The Hall–Kier alpha value is -2.90. The van der Waals surface area contributed by atoms with E-state index in [0.717, 1.165) is 0 Å². The molecule has 0 spiro atoms. The number of hydrogen-bond acceptors (Lipinski definition) is 6. The Morgan fingerprint density at radius 2 is 1.79 bits per heavy atom. The minimum Gasteiger partial charge on any atom is -0.494 e. The highest BCUT2D eigenvalue weighted by molar-refractivity contribution is 5.96. The van der Waals surface area contributed by atoms with Gasteiger partial charge in [0.15, 0.2) is 11.9 Å². The summed E-state index contributed by atoms with van der Waals surface area (Å²) in [6.45, 7) is 3.09. The van der Waals surface area contributed by atoms with E-state index in [4.69, 9.17) is 15.2 Å². The zero-order valence-electron chi connectivity index (χ0n) is 13.5. The largest absolute Gasteiger partial charge is 0.494 e. The van der Waals surface area contributed by atoms with Crippen LogP contribution in [0.5, 0.6) is 5.75 Å². The molecule has 0 saturated carbocycles. The van der Waals surface area contributed by atoms with Gasteiger partial charge in [-0.15, -0.1) is 0 Å². The van der Waals surface area contributed by atoms with Crippen LogP contribution in [0, 0.1) is 0 Å². The van der Waals surface area contributed by atoms with Gasteiger partial charge in [-0.1, -0.05) is 0 Å². The number of urea groups is 1. The summed E-state index contributed by atoms with van der Waals surface area (Å²) in [6, 6.07) is 5.65. The van der Waals surface area contributed by atoms with Crippen molar-refractivity contribution in [1.29, 1.82) is 0 Å². The highest BCUT2D eigenvalue weighted by Gasteiger charge is 2.18. The van der Waals surface area contributed by atoms with Crippen molar-refractivity contribution in [2.75, 3.05) is 6.61 Å². The van der Waals surface area contributed by atoms with Crippen LogP contribution >= 0.6 is 0 Å². The molecular weight excluding hydrogens is 316 g/mol. The Kier molecular flexibility index (Phi) is 7.41. The molecule has 0 heterocycles. The highest BCUT2D eigenvalue weighted by atomic mass is 16.5. The van der Waals surface area contributed by atoms with Crippen molar-refractivity contribution in [3.8, 4) is 5.75 Å². The van der Waals surface area contributed by atoms with Crippen LogP contribution < -0.4 is 15.8 Å². The smallest absolute Gasteiger partial charge is 0.318 e. The standard InChI is InChI=1S/C16H20N2O6/c1-10(19)12-5-7-13(8-6-12)23-9-3-4-14(20)24-11(2)15(21)18-16(17)22/h5-8,11H,3-4,9H2,1-2H3,(H3,17,18,21,22)/t11-/m1/s1. The molecule has 3 amide bonds. The molecule has 0 bridgehead atoms. The van der Waals surface area contributed by atoms with E-state index >= 15 is 0 Å². The fourth-order valence-electron chi connectivity index (χ4n) is 1.73. The Morgan fingerprint density at radius 1 is 1.17 bits per heavy atom. The van der Waals surface area contributed by atoms with Crippen LogP contribution in [0.2, 0.25) is 0 Å². The van der Waals surface area contributed by atoms with Crippen molar-refractivity contribution in [3.63, 3.8) is 0 Å². The Balaban J connectivity index is 2.27. The second-order valence-corrected chi connectivity index (χ2v) is 5.02. The first-order chi connectivity index (χ1) is 11.3. The third-order valence-corrected chi connectivity index (χ3v) is 2.98. The zero-order valence-corrected chi connectivity index (χ0v) is 13.5. The molecule has 8 nitrogen and oxygen atoms in total. The SMILES string of the molecule is CC(=O)c1ccc(OCCCC(=O)O[C@H](C)C(=O)NC(N)=O)cc1. The summed E-state index contributed by atoms with van der Waals surface area (Å²) in [5, 5.41) is 1.82. The van der Waals surface area contributed by atoms with E-state index < -0.39 is 24.0 Å². The molecule has 0 aromatic heterocycles. The minimum absolute atomic E-state index is 0.0289. The normalized spacial score (nSPS) is 11.2. The fraction of sp³-hybridized carbons (Fsp3) is 0.375. The number of carbonyl (C=O) groups excluding carboxylic acids is 4. The maximum Gasteiger partial charge on any atom is 0.318 e. The molecule has 1 rings (SSSR count). The molecular formula is C16H20N2O6. The van der Waals surface area contributed by atoms with Crippen LogP contribution in [-0.2, 0) is 14.3 Å². The lowest BCUT2D eigenvalue weighted by Gasteiger charge is -2.12. The zero-order chi connectivity index (χ0) is 18.1. The summed E-state index contributed by atoms with van der Waals surface area (Å²) >= 11 is 0. The fourth-order valence-corrected chi connectivity index (χ4v) is 1.73. The Labute approximate surface area is 139 Å². The summed E-state index contributed by atoms with van der Waals surface area (Å²) in [7, 11) is 0. The minimum atomic E-state index is -1.11. The van der Waals surface area contributed by atoms with Crippen molar-refractivity contribution < 1.29 is 28.7 Å². The van der Waals surface area contributed by atoms with Gasteiger partial charge in [-0.25, -0.2) is 4.79 Å². The van der Waals surface area contributed by atoms with E-state index in [9.17, 15) is 19.2 Å². The molecule has 1 aromatic carbocycles. The summed E-state index contributed by atoms with van der Waals surface area (Å²) in [6.07, 6.45) is -0.665. The molecule has 0 radical (unpaired) electrons. The number of ketones is 1. The number of benzene rings is 1. The van der Waals surface area contributed by atoms with Crippen molar-refractivity contribution in [1.82, 2.24) is 5.32 Å². The molecule has 8 heteroatoms. The van der Waals surface area contributed by atoms with Crippen LogP contribution in [0.15, 0.2) is 24.3 Å². The first-order valence-electron chi connectivity index (χ1n) is 7.33. The number of ether oxygens (including phenoxy) is 2. The van der Waals surface area contributed by atoms with E-state index in [1.54, 1.807) is 24.3 Å². The number of imide groups is 1. The average molecular weight is 336 g/mol. The lowest BCUT2D eigenvalue weighted by Crippen LogP contribution is -2.42. The summed E-state index contributed by atoms with van der Waals surface area (Å²) in [5.74, 6) is -0.809. The van der Waals surface area contributed by atoms with Gasteiger partial charge in [0.05, 0.1) is 6.61 Å². The number of Topliss-reactive ketones (excluding diaryl/α,β-unsaturated/α-hetero) is 1. The molecule has 24 heavy (non-hydrogen) atoms. The van der Waals surface area contributed by atoms with E-state index in [-0.39, 0.29) is 18.8 Å². The van der Waals surface area contributed by atoms with Gasteiger partial charge in [-0.2, -0.15) is 0 Å². The van der Waals surface area contributed by atoms with E-state index in [1.165, 1.54) is 13.8 Å². The number of rotatable bonds is 8. The summed E-state index contributed by atoms with van der Waals surface area (Å²) in [4.78, 5) is 44.6. The van der Waals surface area contributed by atoms with Gasteiger partial charge in [-0.05, 0) is 44.5 Å². The number of hydrogen-bond donors (Lipinski definition) is 2. The molecule has 0 aliphatic heterocycles. The molecule has 0 aliphatic carbocycles. The van der Waals surface area contributed by atoms with Gasteiger partial charge >= 0.3 is 12.0 Å². The van der Waals surface area contributed by atoms with Gasteiger partial charge in [-0.3, -0.25) is 19.7 Å². The number of nitrogens with two attached hydrogens (primary N) is 1. The maximum absolute atomic E-state index is 11.6. The first-order valence-corrected chi connectivity index (χ1v) is 7.33. The highest BCUT2D eigenvalue weighted by Crippen LogP contribution is 2.13. The van der Waals surface area contributed by atoms with Crippen molar-refractivity contribution >= 4 is 23.7 Å². The van der Waals surface area contributed by atoms with Gasteiger partial charge in [0, 0.05) is 12.0 Å². The van der Waals surface area contributed by atoms with E-state index in [0.29, 0.717) is 17.7 Å². The number of primary amides is 1. The van der Waals surface area contributed by atoms with Crippen LogP contribution in [0.3, 0.4) is 0 Å². The van der Waals surface area contributed by atoms with E-state index in [1.807, 2.05) is 5.32 Å². The van der Waals surface area contributed by atoms with Crippen LogP contribution in [0.25, 0.3) is 0 Å². The lowest BCUT2D eigenvalue weighted by atomic mass is 10.1. The lowest BCUT2D eigenvalue weighted by molar-refractivity contribution is -0.154. The molecule has 130 valence electrons. The monoisotopic (exact) mass is 336 g/mol. The second-order valence-electron chi connectivity index (χ2n) is 5.02. The molecule has 1 atom stereocenters. The topological polar surface area (TPSA) is 125 Å². The van der Waals surface area contributed by atoms with Gasteiger partial charge < -0.3 is 15.2 Å². The Bertz CT molecular complexity index is 611. The third-order valence-electron chi connectivity index (χ3n) is 2.98. The molecule has 0 aliphatic rings. The molecule has 0 unspecified atom stereocenters. The van der Waals surface area contributed by atoms with Gasteiger partial charge in [0.25, 0.3) is 5.91 Å². The van der Waals surface area contributed by atoms with Crippen molar-refractivity contribution in [2.24, 2.45) is 5.73 Å². The third kappa shape index (κ3) is 6.91. The molecule has 0 fully saturated rings. The van der Waals surface area contributed by atoms with Gasteiger partial charge in [0.1, 0.15) is 5.75 Å². The maximum atomic E-state index is 11.6. The average Bonchev–Trinajstić information content (AvgIpc) is 2.51. The number of nitrogens with one attached hydrogen (secondary N) is 1. The van der Waals surface area contributed by atoms with Crippen molar-refractivity contribution in [3.05, 3.63) is 29.8 Å². The predicted molar refractivity (Wildman–Crippen MR) is 84.5 cm³/mol. The molecule has 1 aromatic rings. The molecule has 0 saturated heterocycles. The predicted octanol–water partition coefficient (Wildman–Crippen LogP) is 1.17. The first kappa shape index (κ1) is 19.1. The van der Waals surface area contributed by atoms with Gasteiger partial charge in [0.2, 0.25) is 0 Å². The number of amides is 3. The number of carbonyl (C=O) groups is 4. The van der Waals surface area contributed by atoms with E-state index in [2.05, 4.69) is 0 Å². The molecule has 3 N–H and O–H groups in total.